The molecule has 1 rings (SSSR count). The van der Waals surface area contributed by atoms with Crippen molar-refractivity contribution < 1.29 is 4.79 Å². The lowest BCUT2D eigenvalue weighted by Gasteiger charge is -2.40. The third-order valence-corrected chi connectivity index (χ3v) is 2.99. The maximum atomic E-state index is 11.7. The Morgan fingerprint density at radius 3 is 2.38 bits per heavy atom. The van der Waals surface area contributed by atoms with Crippen LogP contribution in [0, 0.1) is 17.8 Å². The summed E-state index contributed by atoms with van der Waals surface area (Å²) in [5.41, 5.74) is 5.49. The predicted molar refractivity (Wildman–Crippen MR) is 53.1 cm³/mol. The molecule has 1 aliphatic rings. The molecule has 1 unspecified atom stereocenters. The minimum Gasteiger partial charge on any atom is -0.342 e. The SMILES string of the molecule is CC(C)C(C)C(=O)N1CC(CN)C1. The maximum absolute atomic E-state index is 11.7. The van der Waals surface area contributed by atoms with Crippen molar-refractivity contribution in [2.24, 2.45) is 23.5 Å². The van der Waals surface area contributed by atoms with Crippen molar-refractivity contribution in [2.45, 2.75) is 20.8 Å². The van der Waals surface area contributed by atoms with Crippen LogP contribution in [0.2, 0.25) is 0 Å². The molecule has 0 radical (unpaired) electrons. The van der Waals surface area contributed by atoms with Gasteiger partial charge in [0.2, 0.25) is 5.91 Å². The van der Waals surface area contributed by atoms with E-state index < -0.39 is 0 Å². The molecule has 0 aliphatic carbocycles. The highest BCUT2D eigenvalue weighted by molar-refractivity contribution is 5.79. The molecule has 2 N–H and O–H groups in total. The van der Waals surface area contributed by atoms with Gasteiger partial charge in [0, 0.05) is 24.9 Å². The van der Waals surface area contributed by atoms with Crippen LogP contribution in [0.25, 0.3) is 0 Å². The summed E-state index contributed by atoms with van der Waals surface area (Å²) in [7, 11) is 0. The molecule has 1 atom stereocenters. The van der Waals surface area contributed by atoms with Crippen molar-refractivity contribution >= 4 is 5.91 Å². The van der Waals surface area contributed by atoms with Gasteiger partial charge in [0.05, 0.1) is 0 Å². The summed E-state index contributed by atoms with van der Waals surface area (Å²) in [6.07, 6.45) is 0. The summed E-state index contributed by atoms with van der Waals surface area (Å²) >= 11 is 0. The van der Waals surface area contributed by atoms with Gasteiger partial charge in [0.25, 0.3) is 0 Å². The van der Waals surface area contributed by atoms with Gasteiger partial charge >= 0.3 is 0 Å². The summed E-state index contributed by atoms with van der Waals surface area (Å²) in [5, 5.41) is 0. The molecule has 13 heavy (non-hydrogen) atoms. The smallest absolute Gasteiger partial charge is 0.225 e. The fourth-order valence-corrected chi connectivity index (χ4v) is 1.47. The lowest BCUT2D eigenvalue weighted by Crippen LogP contribution is -2.54. The highest BCUT2D eigenvalue weighted by Crippen LogP contribution is 2.20. The predicted octanol–water partition coefficient (Wildman–Crippen LogP) is 0.696. The van der Waals surface area contributed by atoms with Crippen LogP contribution in [0.5, 0.6) is 0 Å². The molecule has 0 aromatic heterocycles. The van der Waals surface area contributed by atoms with Gasteiger partial charge in [-0.05, 0) is 12.5 Å². The van der Waals surface area contributed by atoms with E-state index in [2.05, 4.69) is 13.8 Å². The molecular formula is C10H20N2O. The standard InChI is InChI=1S/C10H20N2O/c1-7(2)8(3)10(13)12-5-9(4-11)6-12/h7-9H,4-6,11H2,1-3H3. The summed E-state index contributed by atoms with van der Waals surface area (Å²) in [5.74, 6) is 1.42. The van der Waals surface area contributed by atoms with Gasteiger partial charge in [0.15, 0.2) is 0 Å². The molecule has 1 aliphatic heterocycles. The zero-order chi connectivity index (χ0) is 10.0. The van der Waals surface area contributed by atoms with Crippen LogP contribution in [0.15, 0.2) is 0 Å². The van der Waals surface area contributed by atoms with E-state index in [1.165, 1.54) is 0 Å². The minimum absolute atomic E-state index is 0.152. The van der Waals surface area contributed by atoms with Crippen molar-refractivity contribution in [3.05, 3.63) is 0 Å². The molecule has 76 valence electrons. The van der Waals surface area contributed by atoms with E-state index in [1.54, 1.807) is 0 Å². The van der Waals surface area contributed by atoms with Gasteiger partial charge < -0.3 is 10.6 Å². The molecule has 3 heteroatoms. The van der Waals surface area contributed by atoms with Gasteiger partial charge in [-0.15, -0.1) is 0 Å². The van der Waals surface area contributed by atoms with Crippen LogP contribution < -0.4 is 5.73 Å². The second kappa shape index (κ2) is 4.09. The van der Waals surface area contributed by atoms with Crippen LogP contribution in [-0.2, 0) is 4.79 Å². The van der Waals surface area contributed by atoms with Gasteiger partial charge in [-0.1, -0.05) is 20.8 Å². The molecule has 3 nitrogen and oxygen atoms in total. The van der Waals surface area contributed by atoms with Crippen LogP contribution in [-0.4, -0.2) is 30.4 Å². The molecule has 1 amide bonds. The van der Waals surface area contributed by atoms with E-state index in [0.717, 1.165) is 13.1 Å². The molecule has 1 heterocycles. The Bertz CT molecular complexity index is 185. The van der Waals surface area contributed by atoms with Crippen LogP contribution in [0.3, 0.4) is 0 Å². The molecule has 0 bridgehead atoms. The number of nitrogens with zero attached hydrogens (tertiary/aromatic N) is 1. The zero-order valence-corrected chi connectivity index (χ0v) is 8.79. The summed E-state index contributed by atoms with van der Waals surface area (Å²) in [4.78, 5) is 13.6. The molecule has 0 aromatic rings. The molecule has 0 saturated carbocycles. The number of carbonyl (C=O) groups is 1. The largest absolute Gasteiger partial charge is 0.342 e. The van der Waals surface area contributed by atoms with Crippen molar-refractivity contribution in [3.63, 3.8) is 0 Å². The first-order chi connectivity index (χ1) is 6.06. The number of likely N-dealkylation sites (tertiary alicyclic amines) is 1. The van der Waals surface area contributed by atoms with Crippen LogP contribution in [0.1, 0.15) is 20.8 Å². The molecule has 0 aromatic carbocycles. The van der Waals surface area contributed by atoms with E-state index in [0.29, 0.717) is 24.3 Å². The fourth-order valence-electron chi connectivity index (χ4n) is 1.47. The monoisotopic (exact) mass is 184 g/mol. The number of hydrogen-bond donors (Lipinski definition) is 1. The van der Waals surface area contributed by atoms with Crippen molar-refractivity contribution in [3.8, 4) is 0 Å². The number of carbonyl (C=O) groups excluding carboxylic acids is 1. The van der Waals surface area contributed by atoms with E-state index in [-0.39, 0.29) is 5.92 Å². The first-order valence-corrected chi connectivity index (χ1v) is 5.05. The lowest BCUT2D eigenvalue weighted by atomic mass is 9.92. The van der Waals surface area contributed by atoms with Crippen molar-refractivity contribution in [1.82, 2.24) is 4.90 Å². The van der Waals surface area contributed by atoms with Crippen LogP contribution >= 0.6 is 0 Å². The average molecular weight is 184 g/mol. The van der Waals surface area contributed by atoms with Crippen molar-refractivity contribution in [1.29, 1.82) is 0 Å². The van der Waals surface area contributed by atoms with Gasteiger partial charge in [-0.3, -0.25) is 4.79 Å². The number of amides is 1. The van der Waals surface area contributed by atoms with E-state index in [4.69, 9.17) is 5.73 Å². The minimum atomic E-state index is 0.152. The molecule has 1 saturated heterocycles. The summed E-state index contributed by atoms with van der Waals surface area (Å²) < 4.78 is 0. The second-order valence-corrected chi connectivity index (χ2v) is 4.38. The average Bonchev–Trinajstić information content (AvgIpc) is 2.00. The normalized spacial score (nSPS) is 20.2. The third-order valence-electron chi connectivity index (χ3n) is 2.99. The Kier molecular flexibility index (Phi) is 3.31. The van der Waals surface area contributed by atoms with Gasteiger partial charge in [-0.25, -0.2) is 0 Å². The summed E-state index contributed by atoms with van der Waals surface area (Å²) in [6.45, 7) is 8.62. The first-order valence-electron chi connectivity index (χ1n) is 5.05. The Hall–Kier alpha value is -0.570. The summed E-state index contributed by atoms with van der Waals surface area (Å²) in [6, 6.07) is 0. The zero-order valence-electron chi connectivity index (χ0n) is 8.79. The van der Waals surface area contributed by atoms with E-state index in [1.807, 2.05) is 11.8 Å². The third kappa shape index (κ3) is 2.21. The Morgan fingerprint density at radius 1 is 1.46 bits per heavy atom. The fraction of sp³-hybridized carbons (Fsp3) is 0.900. The van der Waals surface area contributed by atoms with Gasteiger partial charge in [0.1, 0.15) is 0 Å². The maximum Gasteiger partial charge on any atom is 0.225 e. The van der Waals surface area contributed by atoms with E-state index in [9.17, 15) is 4.79 Å². The molecular weight excluding hydrogens is 164 g/mol. The molecule has 1 fully saturated rings. The number of rotatable bonds is 3. The Morgan fingerprint density at radius 2 is 2.00 bits per heavy atom. The van der Waals surface area contributed by atoms with Crippen molar-refractivity contribution in [2.75, 3.05) is 19.6 Å². The Balaban J connectivity index is 2.34. The van der Waals surface area contributed by atoms with Gasteiger partial charge in [-0.2, -0.15) is 0 Å². The second-order valence-electron chi connectivity index (χ2n) is 4.38. The number of hydrogen-bond acceptors (Lipinski definition) is 2. The Labute approximate surface area is 80.3 Å². The topological polar surface area (TPSA) is 46.3 Å². The first kappa shape index (κ1) is 10.5. The highest BCUT2D eigenvalue weighted by atomic mass is 16.2. The number of nitrogens with two attached hydrogens (primary N) is 1. The van der Waals surface area contributed by atoms with Crippen LogP contribution in [0.4, 0.5) is 0 Å². The lowest BCUT2D eigenvalue weighted by molar-refractivity contribution is -0.142. The molecule has 0 spiro atoms. The quantitative estimate of drug-likeness (QED) is 0.701. The van der Waals surface area contributed by atoms with E-state index >= 15 is 0 Å². The highest BCUT2D eigenvalue weighted by Gasteiger charge is 2.32.